The lowest BCUT2D eigenvalue weighted by atomic mass is 9.95. The third kappa shape index (κ3) is 4.18. The Hall–Kier alpha value is -2.11. The lowest BCUT2D eigenvalue weighted by Crippen LogP contribution is -2.43. The number of piperidine rings is 1. The molecule has 114 valence electrons. The minimum Gasteiger partial charge on any atom is -0.370 e. The smallest absolute Gasteiger partial charge is 0.321 e. The summed E-state index contributed by atoms with van der Waals surface area (Å²) in [4.78, 5) is 24.8. The van der Waals surface area contributed by atoms with Gasteiger partial charge in [0, 0.05) is 25.2 Å². The number of carbonyl (C=O) groups is 2. The molecule has 1 aromatic rings. The van der Waals surface area contributed by atoms with Gasteiger partial charge in [0.2, 0.25) is 5.91 Å². The summed E-state index contributed by atoms with van der Waals surface area (Å²) in [6.45, 7) is 2.82. The quantitative estimate of drug-likeness (QED) is 0.897. The van der Waals surface area contributed by atoms with Crippen molar-refractivity contribution in [2.24, 2.45) is 11.7 Å². The fraction of sp³-hybridized carbons (Fsp3) is 0.467. The Morgan fingerprint density at radius 1 is 1.48 bits per heavy atom. The molecule has 1 atom stereocenters. The van der Waals surface area contributed by atoms with Crippen molar-refractivity contribution in [2.75, 3.05) is 18.4 Å². The Kier molecular flexibility index (Phi) is 4.77. The molecule has 1 saturated heterocycles. The number of likely N-dealkylation sites (tertiary alicyclic amines) is 1. The Morgan fingerprint density at radius 3 is 2.90 bits per heavy atom. The molecular formula is C15H20FN3O2. The zero-order valence-corrected chi connectivity index (χ0v) is 12.1. The van der Waals surface area contributed by atoms with Crippen molar-refractivity contribution in [1.82, 2.24) is 4.90 Å². The summed E-state index contributed by atoms with van der Waals surface area (Å²) in [5, 5.41) is 2.76. The number of hydrogen-bond donors (Lipinski definition) is 2. The molecular weight excluding hydrogens is 273 g/mol. The van der Waals surface area contributed by atoms with Crippen LogP contribution in [0.15, 0.2) is 18.2 Å². The van der Waals surface area contributed by atoms with Crippen LogP contribution in [0.25, 0.3) is 0 Å². The summed E-state index contributed by atoms with van der Waals surface area (Å²) in [6.07, 6.45) is 2.07. The van der Waals surface area contributed by atoms with Crippen LogP contribution in [0.1, 0.15) is 24.8 Å². The van der Waals surface area contributed by atoms with Crippen LogP contribution in [0.3, 0.4) is 0 Å². The normalized spacial score (nSPS) is 18.4. The average Bonchev–Trinajstić information content (AvgIpc) is 2.42. The van der Waals surface area contributed by atoms with Gasteiger partial charge in [0.25, 0.3) is 0 Å². The first-order chi connectivity index (χ1) is 9.95. The molecule has 21 heavy (non-hydrogen) atoms. The van der Waals surface area contributed by atoms with Crippen LogP contribution in [0.4, 0.5) is 14.9 Å². The molecule has 0 aromatic heterocycles. The zero-order valence-electron chi connectivity index (χ0n) is 12.1. The number of primary amides is 1. The van der Waals surface area contributed by atoms with Gasteiger partial charge in [0.05, 0.1) is 0 Å². The maximum Gasteiger partial charge on any atom is 0.321 e. The lowest BCUT2D eigenvalue weighted by Gasteiger charge is -2.32. The van der Waals surface area contributed by atoms with Gasteiger partial charge in [-0.25, -0.2) is 9.18 Å². The van der Waals surface area contributed by atoms with Crippen molar-refractivity contribution in [3.8, 4) is 0 Å². The molecule has 0 radical (unpaired) electrons. The number of aryl methyl sites for hydroxylation is 1. The maximum absolute atomic E-state index is 13.2. The second-order valence-corrected chi connectivity index (χ2v) is 5.52. The fourth-order valence-corrected chi connectivity index (χ4v) is 2.63. The largest absolute Gasteiger partial charge is 0.370 e. The SMILES string of the molecule is Cc1cc(NC(=O)N2CCC[C@@H](CC(N)=O)C2)ccc1F. The van der Waals surface area contributed by atoms with Crippen LogP contribution in [0.5, 0.6) is 0 Å². The minimum atomic E-state index is -0.337. The van der Waals surface area contributed by atoms with Gasteiger partial charge in [-0.05, 0) is 49.4 Å². The first-order valence-corrected chi connectivity index (χ1v) is 7.06. The number of amides is 3. The van der Waals surface area contributed by atoms with Crippen molar-refractivity contribution < 1.29 is 14.0 Å². The van der Waals surface area contributed by atoms with E-state index in [-0.39, 0.29) is 23.7 Å². The molecule has 0 spiro atoms. The van der Waals surface area contributed by atoms with E-state index in [0.717, 1.165) is 12.8 Å². The number of carbonyl (C=O) groups excluding carboxylic acids is 2. The Bertz CT molecular complexity index is 548. The number of halogens is 1. The van der Waals surface area contributed by atoms with Gasteiger partial charge in [-0.1, -0.05) is 0 Å². The van der Waals surface area contributed by atoms with Gasteiger partial charge in [0.1, 0.15) is 5.82 Å². The molecule has 1 heterocycles. The van der Waals surface area contributed by atoms with E-state index in [1.165, 1.54) is 12.1 Å². The Balaban J connectivity index is 1.96. The first kappa shape index (κ1) is 15.3. The van der Waals surface area contributed by atoms with Crippen LogP contribution >= 0.6 is 0 Å². The van der Waals surface area contributed by atoms with E-state index < -0.39 is 0 Å². The number of nitrogens with zero attached hydrogens (tertiary/aromatic N) is 1. The molecule has 2 rings (SSSR count). The predicted octanol–water partition coefficient (Wildman–Crippen LogP) is 2.25. The number of nitrogens with one attached hydrogen (secondary N) is 1. The van der Waals surface area contributed by atoms with Crippen LogP contribution in [-0.4, -0.2) is 29.9 Å². The van der Waals surface area contributed by atoms with Crippen LogP contribution in [0, 0.1) is 18.7 Å². The Morgan fingerprint density at radius 2 is 2.24 bits per heavy atom. The van der Waals surface area contributed by atoms with Gasteiger partial charge >= 0.3 is 6.03 Å². The molecule has 0 bridgehead atoms. The third-order valence-electron chi connectivity index (χ3n) is 3.71. The van der Waals surface area contributed by atoms with Gasteiger partial charge < -0.3 is 16.0 Å². The van der Waals surface area contributed by atoms with Gasteiger partial charge in [-0.3, -0.25) is 4.79 Å². The molecule has 1 fully saturated rings. The van der Waals surface area contributed by atoms with E-state index in [1.54, 1.807) is 17.9 Å². The second kappa shape index (κ2) is 6.56. The first-order valence-electron chi connectivity index (χ1n) is 7.06. The van der Waals surface area contributed by atoms with Crippen molar-refractivity contribution in [2.45, 2.75) is 26.2 Å². The number of rotatable bonds is 3. The summed E-state index contributed by atoms with van der Waals surface area (Å²) in [6, 6.07) is 4.23. The molecule has 0 saturated carbocycles. The van der Waals surface area contributed by atoms with Crippen molar-refractivity contribution in [3.05, 3.63) is 29.6 Å². The molecule has 0 unspecified atom stereocenters. The fourth-order valence-electron chi connectivity index (χ4n) is 2.63. The zero-order chi connectivity index (χ0) is 15.4. The third-order valence-corrected chi connectivity index (χ3v) is 3.71. The van der Waals surface area contributed by atoms with E-state index in [4.69, 9.17) is 5.73 Å². The molecule has 6 heteroatoms. The van der Waals surface area contributed by atoms with Crippen molar-refractivity contribution in [3.63, 3.8) is 0 Å². The number of urea groups is 1. The van der Waals surface area contributed by atoms with E-state index in [1.807, 2.05) is 0 Å². The predicted molar refractivity (Wildman–Crippen MR) is 78.3 cm³/mol. The molecule has 0 aliphatic carbocycles. The summed E-state index contributed by atoms with van der Waals surface area (Å²) in [5.74, 6) is -0.513. The highest BCUT2D eigenvalue weighted by Crippen LogP contribution is 2.21. The molecule has 1 aliphatic rings. The summed E-state index contributed by atoms with van der Waals surface area (Å²) < 4.78 is 13.2. The summed E-state index contributed by atoms with van der Waals surface area (Å²) >= 11 is 0. The standard InChI is InChI=1S/C15H20FN3O2/c1-10-7-12(4-5-13(10)16)18-15(21)19-6-2-3-11(9-19)8-14(17)20/h4-5,7,11H,2-3,6,8-9H2,1H3,(H2,17,20)(H,18,21)/t11-/m0/s1. The van der Waals surface area contributed by atoms with Crippen LogP contribution in [-0.2, 0) is 4.79 Å². The van der Waals surface area contributed by atoms with E-state index >= 15 is 0 Å². The maximum atomic E-state index is 13.2. The van der Waals surface area contributed by atoms with Gasteiger partial charge in [-0.15, -0.1) is 0 Å². The topological polar surface area (TPSA) is 75.4 Å². The highest BCUT2D eigenvalue weighted by molar-refractivity contribution is 5.89. The Labute approximate surface area is 123 Å². The molecule has 3 amide bonds. The average molecular weight is 293 g/mol. The summed E-state index contributed by atoms with van der Waals surface area (Å²) in [5.41, 5.74) is 6.26. The molecule has 1 aromatic carbocycles. The van der Waals surface area contributed by atoms with Crippen LogP contribution in [0.2, 0.25) is 0 Å². The summed E-state index contributed by atoms with van der Waals surface area (Å²) in [7, 11) is 0. The van der Waals surface area contributed by atoms with Crippen molar-refractivity contribution in [1.29, 1.82) is 0 Å². The van der Waals surface area contributed by atoms with E-state index in [0.29, 0.717) is 30.8 Å². The van der Waals surface area contributed by atoms with Gasteiger partial charge in [-0.2, -0.15) is 0 Å². The van der Waals surface area contributed by atoms with Crippen molar-refractivity contribution >= 4 is 17.6 Å². The minimum absolute atomic E-state index is 0.122. The molecule has 5 nitrogen and oxygen atoms in total. The number of nitrogens with two attached hydrogens (primary N) is 1. The number of anilines is 1. The van der Waals surface area contributed by atoms with Crippen LogP contribution < -0.4 is 11.1 Å². The number of benzene rings is 1. The van der Waals surface area contributed by atoms with E-state index in [2.05, 4.69) is 5.32 Å². The highest BCUT2D eigenvalue weighted by Gasteiger charge is 2.24. The number of hydrogen-bond acceptors (Lipinski definition) is 2. The van der Waals surface area contributed by atoms with Gasteiger partial charge in [0.15, 0.2) is 0 Å². The molecule has 1 aliphatic heterocycles. The molecule has 3 N–H and O–H groups in total. The lowest BCUT2D eigenvalue weighted by molar-refractivity contribution is -0.119. The monoisotopic (exact) mass is 293 g/mol. The van der Waals surface area contributed by atoms with E-state index in [9.17, 15) is 14.0 Å². The highest BCUT2D eigenvalue weighted by atomic mass is 19.1. The second-order valence-electron chi connectivity index (χ2n) is 5.52.